The van der Waals surface area contributed by atoms with Gasteiger partial charge in [-0.05, 0) is 25.0 Å². The fourth-order valence-corrected chi connectivity index (χ4v) is 2.97. The zero-order valence-electron chi connectivity index (χ0n) is 12.1. The maximum absolute atomic E-state index is 9.71. The summed E-state index contributed by atoms with van der Waals surface area (Å²) in [4.78, 5) is 15.1. The molecule has 1 N–H and O–H groups in total. The summed E-state index contributed by atoms with van der Waals surface area (Å²) >= 11 is 0. The Labute approximate surface area is 128 Å². The first-order valence-corrected chi connectivity index (χ1v) is 7.48. The van der Waals surface area contributed by atoms with Crippen LogP contribution in [0.15, 0.2) is 43.1 Å². The van der Waals surface area contributed by atoms with Crippen molar-refractivity contribution >= 4 is 11.5 Å². The number of hydrogen-bond acceptors (Lipinski definition) is 5. The lowest BCUT2D eigenvalue weighted by Gasteiger charge is -2.31. The number of pyridine rings is 1. The van der Waals surface area contributed by atoms with Gasteiger partial charge in [0.05, 0.1) is 30.4 Å². The van der Waals surface area contributed by atoms with Gasteiger partial charge in [-0.15, -0.1) is 0 Å². The van der Waals surface area contributed by atoms with Crippen LogP contribution in [0.5, 0.6) is 0 Å². The van der Waals surface area contributed by atoms with E-state index in [-0.39, 0.29) is 6.10 Å². The van der Waals surface area contributed by atoms with Gasteiger partial charge in [0.25, 0.3) is 0 Å². The summed E-state index contributed by atoms with van der Waals surface area (Å²) in [5.41, 5.74) is 2.93. The van der Waals surface area contributed by atoms with Crippen LogP contribution in [0, 0.1) is 0 Å². The van der Waals surface area contributed by atoms with Crippen LogP contribution in [0.3, 0.4) is 0 Å². The summed E-state index contributed by atoms with van der Waals surface area (Å²) in [5.74, 6) is 1.02. The third kappa shape index (κ3) is 2.21. The Morgan fingerprint density at radius 1 is 1.00 bits per heavy atom. The number of aromatic nitrogens is 4. The number of fused-ring (bicyclic) bond motifs is 1. The number of aliphatic hydroxyl groups is 1. The molecule has 0 amide bonds. The van der Waals surface area contributed by atoms with Crippen LogP contribution < -0.4 is 4.90 Å². The van der Waals surface area contributed by atoms with Gasteiger partial charge in [-0.1, -0.05) is 0 Å². The van der Waals surface area contributed by atoms with Crippen molar-refractivity contribution in [1.82, 2.24) is 19.4 Å². The van der Waals surface area contributed by atoms with E-state index in [9.17, 15) is 5.11 Å². The van der Waals surface area contributed by atoms with E-state index in [0.29, 0.717) is 0 Å². The molecule has 3 aromatic heterocycles. The number of aliphatic hydroxyl groups excluding tert-OH is 1. The van der Waals surface area contributed by atoms with Gasteiger partial charge in [0, 0.05) is 31.0 Å². The summed E-state index contributed by atoms with van der Waals surface area (Å²) in [7, 11) is 0. The van der Waals surface area contributed by atoms with E-state index in [1.165, 1.54) is 0 Å². The van der Waals surface area contributed by atoms with Crippen molar-refractivity contribution in [1.29, 1.82) is 0 Å². The highest BCUT2D eigenvalue weighted by atomic mass is 16.3. The number of anilines is 1. The molecule has 6 heteroatoms. The van der Waals surface area contributed by atoms with Crippen LogP contribution in [0.4, 0.5) is 5.82 Å². The topological polar surface area (TPSA) is 66.5 Å². The van der Waals surface area contributed by atoms with Crippen molar-refractivity contribution in [3.05, 3.63) is 43.1 Å². The summed E-state index contributed by atoms with van der Waals surface area (Å²) in [5, 5.41) is 9.71. The summed E-state index contributed by atoms with van der Waals surface area (Å²) in [6, 6.07) is 3.96. The van der Waals surface area contributed by atoms with Crippen molar-refractivity contribution in [2.45, 2.75) is 18.9 Å². The van der Waals surface area contributed by atoms with Crippen molar-refractivity contribution in [2.24, 2.45) is 0 Å². The molecule has 0 aromatic carbocycles. The summed E-state index contributed by atoms with van der Waals surface area (Å²) in [6.45, 7) is 1.66. The number of hydrogen-bond donors (Lipinski definition) is 1. The van der Waals surface area contributed by atoms with E-state index in [0.717, 1.165) is 48.7 Å². The Hall–Kier alpha value is -2.47. The van der Waals surface area contributed by atoms with Crippen LogP contribution in [0.1, 0.15) is 12.8 Å². The average Bonchev–Trinajstić information content (AvgIpc) is 3.00. The molecule has 0 aliphatic carbocycles. The average molecular weight is 295 g/mol. The predicted octanol–water partition coefficient (Wildman–Crippen LogP) is 1.75. The van der Waals surface area contributed by atoms with E-state index in [1.807, 2.05) is 24.5 Å². The second-order valence-corrected chi connectivity index (χ2v) is 5.56. The van der Waals surface area contributed by atoms with Crippen LogP contribution in [0.2, 0.25) is 0 Å². The van der Waals surface area contributed by atoms with Crippen LogP contribution >= 0.6 is 0 Å². The minimum absolute atomic E-state index is 0.189. The highest BCUT2D eigenvalue weighted by Gasteiger charge is 2.20. The monoisotopic (exact) mass is 295 g/mol. The molecule has 4 rings (SSSR count). The molecule has 0 radical (unpaired) electrons. The summed E-state index contributed by atoms with van der Waals surface area (Å²) < 4.78 is 2.13. The smallest absolute Gasteiger partial charge is 0.157 e. The van der Waals surface area contributed by atoms with Crippen LogP contribution in [-0.2, 0) is 0 Å². The molecule has 22 heavy (non-hydrogen) atoms. The molecule has 0 atom stereocenters. The quantitative estimate of drug-likeness (QED) is 0.780. The van der Waals surface area contributed by atoms with E-state index in [4.69, 9.17) is 0 Å². The molecular formula is C16H17N5O. The zero-order valence-corrected chi connectivity index (χ0v) is 12.1. The van der Waals surface area contributed by atoms with Gasteiger partial charge >= 0.3 is 0 Å². The molecule has 0 bridgehead atoms. The zero-order chi connectivity index (χ0) is 14.9. The fraction of sp³-hybridized carbons (Fsp3) is 0.312. The highest BCUT2D eigenvalue weighted by Crippen LogP contribution is 2.27. The van der Waals surface area contributed by atoms with Gasteiger partial charge in [0.1, 0.15) is 5.82 Å². The number of imidazole rings is 1. The van der Waals surface area contributed by atoms with E-state index < -0.39 is 0 Å². The van der Waals surface area contributed by atoms with Crippen molar-refractivity contribution in [2.75, 3.05) is 18.0 Å². The third-order valence-electron chi connectivity index (χ3n) is 4.16. The fourth-order valence-electron chi connectivity index (χ4n) is 2.97. The number of piperidine rings is 1. The van der Waals surface area contributed by atoms with E-state index >= 15 is 0 Å². The highest BCUT2D eigenvalue weighted by molar-refractivity contribution is 5.66. The van der Waals surface area contributed by atoms with E-state index in [2.05, 4.69) is 24.3 Å². The molecule has 0 spiro atoms. The van der Waals surface area contributed by atoms with Crippen LogP contribution in [0.25, 0.3) is 16.9 Å². The molecule has 1 aliphatic heterocycles. The predicted molar refractivity (Wildman–Crippen MR) is 83.7 cm³/mol. The molecule has 3 aromatic rings. The molecular weight excluding hydrogens is 278 g/mol. The maximum atomic E-state index is 9.71. The van der Waals surface area contributed by atoms with Gasteiger partial charge in [-0.25, -0.2) is 4.98 Å². The molecule has 1 saturated heterocycles. The van der Waals surface area contributed by atoms with Crippen molar-refractivity contribution in [3.63, 3.8) is 0 Å². The Morgan fingerprint density at radius 3 is 2.55 bits per heavy atom. The minimum Gasteiger partial charge on any atom is -0.393 e. The first-order chi connectivity index (χ1) is 10.8. The Balaban J connectivity index is 1.83. The van der Waals surface area contributed by atoms with Gasteiger partial charge < -0.3 is 10.0 Å². The van der Waals surface area contributed by atoms with E-state index in [1.54, 1.807) is 18.6 Å². The van der Waals surface area contributed by atoms with Gasteiger partial charge in [0.2, 0.25) is 0 Å². The lowest BCUT2D eigenvalue weighted by Crippen LogP contribution is -2.36. The molecule has 6 nitrogen and oxygen atoms in total. The Bertz CT molecular complexity index is 778. The van der Waals surface area contributed by atoms with Crippen molar-refractivity contribution in [3.8, 4) is 11.3 Å². The Kier molecular flexibility index (Phi) is 3.23. The van der Waals surface area contributed by atoms with Gasteiger partial charge in [-0.3, -0.25) is 14.4 Å². The SMILES string of the molecule is OC1CCN(c2cncc3ncc(-c4ccncc4)n23)CC1. The molecule has 0 saturated carbocycles. The van der Waals surface area contributed by atoms with Crippen molar-refractivity contribution < 1.29 is 5.11 Å². The molecule has 0 unspecified atom stereocenters. The lowest BCUT2D eigenvalue weighted by atomic mass is 10.1. The molecule has 112 valence electrons. The third-order valence-corrected chi connectivity index (χ3v) is 4.16. The molecule has 1 fully saturated rings. The first-order valence-electron chi connectivity index (χ1n) is 7.48. The second-order valence-electron chi connectivity index (χ2n) is 5.56. The number of rotatable bonds is 2. The minimum atomic E-state index is -0.189. The molecule has 1 aliphatic rings. The second kappa shape index (κ2) is 5.38. The lowest BCUT2D eigenvalue weighted by molar-refractivity contribution is 0.145. The Morgan fingerprint density at radius 2 is 1.77 bits per heavy atom. The largest absolute Gasteiger partial charge is 0.393 e. The first kappa shape index (κ1) is 13.2. The van der Waals surface area contributed by atoms with Crippen LogP contribution in [-0.4, -0.2) is 43.7 Å². The maximum Gasteiger partial charge on any atom is 0.157 e. The number of nitrogens with zero attached hydrogens (tertiary/aromatic N) is 5. The van der Waals surface area contributed by atoms with Gasteiger partial charge in [0.15, 0.2) is 5.65 Å². The standard InChI is InChI=1S/C16H17N5O/c22-13-3-7-20(8-4-13)16-11-18-10-15-19-9-14(21(15)16)12-1-5-17-6-2-12/h1-2,5-6,9-11,13,22H,3-4,7-8H2. The summed E-state index contributed by atoms with van der Waals surface area (Å²) in [6.07, 6.45) is 10.5. The molecule has 4 heterocycles. The normalized spacial score (nSPS) is 16.3. The van der Waals surface area contributed by atoms with Gasteiger partial charge in [-0.2, -0.15) is 0 Å².